The molecule has 0 amide bonds. The van der Waals surface area contributed by atoms with Gasteiger partial charge in [0.2, 0.25) is 0 Å². The average Bonchev–Trinajstić information content (AvgIpc) is 2.44. The molecule has 0 aliphatic heterocycles. The predicted molar refractivity (Wildman–Crippen MR) is 77.4 cm³/mol. The van der Waals surface area contributed by atoms with E-state index in [0.717, 1.165) is 33.8 Å². The highest BCUT2D eigenvalue weighted by Gasteiger charge is 2.01. The molecule has 0 saturated heterocycles. The molecular weight excluding hydrogens is 254 g/mol. The van der Waals surface area contributed by atoms with Crippen LogP contribution in [0.1, 0.15) is 0 Å². The van der Waals surface area contributed by atoms with E-state index in [0.29, 0.717) is 0 Å². The maximum absolute atomic E-state index is 10.4. The van der Waals surface area contributed by atoms with Crippen molar-refractivity contribution in [3.63, 3.8) is 0 Å². The second-order valence-electron chi connectivity index (χ2n) is 4.23. The van der Waals surface area contributed by atoms with Gasteiger partial charge in [0.05, 0.1) is 22.1 Å². The van der Waals surface area contributed by atoms with Crippen molar-refractivity contribution in [2.24, 2.45) is 0 Å². The molecule has 5 heteroatoms. The molecule has 98 valence electrons. The molecule has 20 heavy (non-hydrogen) atoms. The van der Waals surface area contributed by atoms with E-state index >= 15 is 0 Å². The summed E-state index contributed by atoms with van der Waals surface area (Å²) in [4.78, 5) is 19.5. The van der Waals surface area contributed by atoms with Crippen LogP contribution in [-0.2, 0) is 4.79 Å². The van der Waals surface area contributed by atoms with Crippen molar-refractivity contribution in [1.29, 1.82) is 0 Å². The van der Waals surface area contributed by atoms with Gasteiger partial charge in [-0.05, 0) is 30.3 Å². The van der Waals surface area contributed by atoms with E-state index in [-0.39, 0.29) is 0 Å². The van der Waals surface area contributed by atoms with Gasteiger partial charge in [-0.1, -0.05) is 12.1 Å². The zero-order chi connectivity index (χ0) is 13.9. The van der Waals surface area contributed by atoms with Crippen LogP contribution in [0.15, 0.2) is 54.7 Å². The number of carbonyl (C=O) groups is 1. The van der Waals surface area contributed by atoms with E-state index < -0.39 is 5.97 Å². The third-order valence-corrected chi connectivity index (χ3v) is 2.81. The highest BCUT2D eigenvalue weighted by atomic mass is 16.4. The Morgan fingerprint density at radius 3 is 2.35 bits per heavy atom. The summed E-state index contributed by atoms with van der Waals surface area (Å²) in [5, 5.41) is 11.4. The zero-order valence-corrected chi connectivity index (χ0v) is 10.4. The summed E-state index contributed by atoms with van der Waals surface area (Å²) >= 11 is 0. The maximum Gasteiger partial charge on any atom is 0.329 e. The van der Waals surface area contributed by atoms with Crippen molar-refractivity contribution in [1.82, 2.24) is 9.97 Å². The van der Waals surface area contributed by atoms with E-state index in [1.165, 1.54) is 6.20 Å². The normalized spacial score (nSPS) is 11.2. The lowest BCUT2D eigenvalue weighted by atomic mass is 10.2. The van der Waals surface area contributed by atoms with Gasteiger partial charge in [-0.2, -0.15) is 0 Å². The van der Waals surface area contributed by atoms with Gasteiger partial charge in [-0.15, -0.1) is 0 Å². The summed E-state index contributed by atoms with van der Waals surface area (Å²) in [5.41, 5.74) is 4.01. The van der Waals surface area contributed by atoms with Gasteiger partial charge in [0.1, 0.15) is 0 Å². The maximum atomic E-state index is 10.4. The fourth-order valence-electron chi connectivity index (χ4n) is 1.92. The monoisotopic (exact) mass is 265 g/mol. The molecule has 5 nitrogen and oxygen atoms in total. The first-order chi connectivity index (χ1) is 9.72. The minimum atomic E-state index is -0.996. The lowest BCUT2D eigenvalue weighted by molar-refractivity contribution is -0.131. The number of carboxylic acids is 1. The van der Waals surface area contributed by atoms with E-state index in [4.69, 9.17) is 5.11 Å². The molecule has 0 unspecified atom stereocenters. The van der Waals surface area contributed by atoms with E-state index in [1.54, 1.807) is 0 Å². The molecule has 0 aliphatic rings. The summed E-state index contributed by atoms with van der Waals surface area (Å²) in [6.07, 6.45) is 2.41. The average molecular weight is 265 g/mol. The molecule has 0 fully saturated rings. The van der Waals surface area contributed by atoms with Gasteiger partial charge < -0.3 is 10.4 Å². The topological polar surface area (TPSA) is 75.1 Å². The van der Waals surface area contributed by atoms with Crippen LogP contribution in [0.5, 0.6) is 0 Å². The number of rotatable bonds is 3. The van der Waals surface area contributed by atoms with Gasteiger partial charge >= 0.3 is 5.97 Å². The fraction of sp³-hybridized carbons (Fsp3) is 0. The molecule has 3 rings (SSSR count). The minimum Gasteiger partial charge on any atom is -0.478 e. The molecule has 0 aliphatic carbocycles. The number of nitrogens with one attached hydrogen (secondary N) is 1. The highest BCUT2D eigenvalue weighted by molar-refractivity contribution is 5.88. The standard InChI is InChI=1S/C15H11N3O2/c19-15(20)7-8-16-10-5-6-13-14(9-10)18-12-4-2-1-3-11(12)17-13/h1-9,16H,(H,19,20)/b8-7+. The smallest absolute Gasteiger partial charge is 0.329 e. The molecule has 1 heterocycles. The number of aliphatic carboxylic acids is 1. The van der Waals surface area contributed by atoms with Gasteiger partial charge in [-0.3, -0.25) is 0 Å². The minimum absolute atomic E-state index is 0.762. The molecule has 0 saturated carbocycles. The summed E-state index contributed by atoms with van der Waals surface area (Å²) < 4.78 is 0. The summed E-state index contributed by atoms with van der Waals surface area (Å²) in [6, 6.07) is 13.2. The van der Waals surface area contributed by atoms with Crippen molar-refractivity contribution in [2.45, 2.75) is 0 Å². The number of benzene rings is 2. The lowest BCUT2D eigenvalue weighted by Crippen LogP contribution is -1.93. The molecule has 0 spiro atoms. The number of hydrogen-bond donors (Lipinski definition) is 2. The number of nitrogens with zero attached hydrogens (tertiary/aromatic N) is 2. The Hall–Kier alpha value is -2.95. The number of aromatic nitrogens is 2. The Kier molecular flexibility index (Phi) is 3.01. The second-order valence-corrected chi connectivity index (χ2v) is 4.23. The third kappa shape index (κ3) is 2.42. The van der Waals surface area contributed by atoms with Crippen molar-refractivity contribution in [3.05, 3.63) is 54.7 Å². The third-order valence-electron chi connectivity index (χ3n) is 2.81. The highest BCUT2D eigenvalue weighted by Crippen LogP contribution is 2.19. The van der Waals surface area contributed by atoms with Crippen molar-refractivity contribution < 1.29 is 9.90 Å². The Morgan fingerprint density at radius 1 is 1.00 bits per heavy atom. The van der Waals surface area contributed by atoms with Crippen LogP contribution in [-0.4, -0.2) is 21.0 Å². The number of carboxylic acid groups (broad SMARTS) is 1. The first kappa shape index (κ1) is 12.1. The number of hydrogen-bond acceptors (Lipinski definition) is 4. The lowest BCUT2D eigenvalue weighted by Gasteiger charge is -2.04. The van der Waals surface area contributed by atoms with Crippen molar-refractivity contribution >= 4 is 33.7 Å². The molecular formula is C15H11N3O2. The Morgan fingerprint density at radius 2 is 1.65 bits per heavy atom. The quantitative estimate of drug-likeness (QED) is 0.562. The largest absolute Gasteiger partial charge is 0.478 e. The Balaban J connectivity index is 2.01. The van der Waals surface area contributed by atoms with E-state index in [9.17, 15) is 4.79 Å². The van der Waals surface area contributed by atoms with Gasteiger partial charge in [0.25, 0.3) is 0 Å². The van der Waals surface area contributed by atoms with Gasteiger partial charge in [0.15, 0.2) is 0 Å². The number of fused-ring (bicyclic) bond motifs is 2. The van der Waals surface area contributed by atoms with Crippen LogP contribution in [0.4, 0.5) is 5.69 Å². The van der Waals surface area contributed by atoms with Crippen molar-refractivity contribution in [3.8, 4) is 0 Å². The zero-order valence-electron chi connectivity index (χ0n) is 10.4. The summed E-state index contributed by atoms with van der Waals surface area (Å²) in [5.74, 6) is -0.996. The van der Waals surface area contributed by atoms with Crippen LogP contribution in [0.3, 0.4) is 0 Å². The van der Waals surface area contributed by atoms with Crippen LogP contribution in [0.25, 0.3) is 22.1 Å². The van der Waals surface area contributed by atoms with Gasteiger partial charge in [0, 0.05) is 18.0 Å². The first-order valence-corrected chi connectivity index (χ1v) is 6.05. The van der Waals surface area contributed by atoms with Crippen LogP contribution >= 0.6 is 0 Å². The van der Waals surface area contributed by atoms with E-state index in [1.807, 2.05) is 42.5 Å². The number of anilines is 1. The van der Waals surface area contributed by atoms with Crippen LogP contribution in [0.2, 0.25) is 0 Å². The van der Waals surface area contributed by atoms with Crippen molar-refractivity contribution in [2.75, 3.05) is 5.32 Å². The van der Waals surface area contributed by atoms with Crippen LogP contribution < -0.4 is 5.32 Å². The predicted octanol–water partition coefficient (Wildman–Crippen LogP) is 2.79. The second kappa shape index (κ2) is 4.97. The molecule has 0 atom stereocenters. The molecule has 0 bridgehead atoms. The first-order valence-electron chi connectivity index (χ1n) is 6.05. The van der Waals surface area contributed by atoms with E-state index in [2.05, 4.69) is 15.3 Å². The Labute approximate surface area is 114 Å². The number of para-hydroxylation sites is 2. The fourth-order valence-corrected chi connectivity index (χ4v) is 1.92. The molecule has 2 aromatic carbocycles. The summed E-state index contributed by atoms with van der Waals surface area (Å²) in [7, 11) is 0. The molecule has 0 radical (unpaired) electrons. The SMILES string of the molecule is O=C(O)/C=C/Nc1ccc2nc3ccccc3nc2c1. The summed E-state index contributed by atoms with van der Waals surface area (Å²) in [6.45, 7) is 0. The molecule has 1 aromatic heterocycles. The van der Waals surface area contributed by atoms with Gasteiger partial charge in [-0.25, -0.2) is 14.8 Å². The molecule has 3 aromatic rings. The molecule has 2 N–H and O–H groups in total. The Bertz CT molecular complexity index is 828. The van der Waals surface area contributed by atoms with Crippen LogP contribution in [0, 0.1) is 0 Å².